The van der Waals surface area contributed by atoms with Crippen molar-refractivity contribution in [1.29, 1.82) is 0 Å². The first kappa shape index (κ1) is 19.0. The largest absolute Gasteiger partial charge is 0.375 e. The minimum Gasteiger partial charge on any atom is -0.375 e. The molecule has 0 saturated heterocycles. The van der Waals surface area contributed by atoms with E-state index in [1.54, 1.807) is 26.0 Å². The monoisotopic (exact) mass is 430 g/mol. The van der Waals surface area contributed by atoms with E-state index in [4.69, 9.17) is 11.5 Å². The Bertz CT molecular complexity index is 1240. The highest BCUT2D eigenvalue weighted by atomic mass is 32.1. The molecule has 0 aliphatic carbocycles. The van der Waals surface area contributed by atoms with E-state index in [9.17, 15) is 20.2 Å². The maximum Gasteiger partial charge on any atom is 0.292 e. The highest BCUT2D eigenvalue weighted by Gasteiger charge is 2.28. The summed E-state index contributed by atoms with van der Waals surface area (Å²) in [4.78, 5) is 31.0. The van der Waals surface area contributed by atoms with Crippen LogP contribution in [0.25, 0.3) is 20.4 Å². The Kier molecular flexibility index (Phi) is 4.31. The van der Waals surface area contributed by atoms with Crippen molar-refractivity contribution in [2.45, 2.75) is 20.3 Å². The maximum absolute atomic E-state index is 11.8. The lowest BCUT2D eigenvalue weighted by molar-refractivity contribution is -0.384. The summed E-state index contributed by atoms with van der Waals surface area (Å²) in [5.74, 6) is 0. The molecule has 29 heavy (non-hydrogen) atoms. The molecule has 0 atom stereocenters. The van der Waals surface area contributed by atoms with Crippen molar-refractivity contribution >= 4 is 64.7 Å². The molecule has 10 nitrogen and oxygen atoms in total. The number of aryl methyl sites for hydroxylation is 2. The Morgan fingerprint density at radius 2 is 1.24 bits per heavy atom. The number of anilines is 2. The van der Waals surface area contributed by atoms with Crippen molar-refractivity contribution in [1.82, 2.24) is 9.97 Å². The molecule has 2 heterocycles. The van der Waals surface area contributed by atoms with Crippen molar-refractivity contribution in [2.24, 2.45) is 0 Å². The lowest BCUT2D eigenvalue weighted by Gasteiger charge is -2.08. The molecule has 4 aromatic rings. The first-order valence-electron chi connectivity index (χ1n) is 8.33. The number of thiazole rings is 2. The normalized spacial score (nSPS) is 11.4. The van der Waals surface area contributed by atoms with Crippen LogP contribution in [0.5, 0.6) is 0 Å². The second-order valence-electron chi connectivity index (χ2n) is 6.55. The standard InChI is InChI=1S/C17H14N6O4S2/c1-6-3-8(12(22(24)25)14-10(6)20-16(18)28-14)5-9-4-7(2)11-15(13(9)23(26)27)29-17(19)21-11/h3-4H,5H2,1-2H3,(H2,18,20)(H2,19,21). The number of nitro groups is 2. The van der Waals surface area contributed by atoms with Crippen molar-refractivity contribution in [2.75, 3.05) is 11.5 Å². The predicted molar refractivity (Wildman–Crippen MR) is 114 cm³/mol. The number of nitrogen functional groups attached to an aromatic ring is 2. The zero-order valence-corrected chi connectivity index (χ0v) is 16.9. The minimum absolute atomic E-state index is 0.00972. The topological polar surface area (TPSA) is 164 Å². The van der Waals surface area contributed by atoms with Gasteiger partial charge in [-0.15, -0.1) is 0 Å². The molecule has 148 valence electrons. The number of nitrogens with two attached hydrogens (primary N) is 2. The smallest absolute Gasteiger partial charge is 0.292 e. The van der Waals surface area contributed by atoms with Gasteiger partial charge in [0, 0.05) is 17.5 Å². The second-order valence-corrected chi connectivity index (χ2v) is 8.61. The summed E-state index contributed by atoms with van der Waals surface area (Å²) in [6, 6.07) is 3.29. The lowest BCUT2D eigenvalue weighted by atomic mass is 9.97. The average molecular weight is 430 g/mol. The molecule has 0 saturated carbocycles. The van der Waals surface area contributed by atoms with Gasteiger partial charge in [0.05, 0.1) is 20.9 Å². The van der Waals surface area contributed by atoms with Crippen LogP contribution in [0.2, 0.25) is 0 Å². The molecule has 0 aliphatic heterocycles. The number of benzene rings is 2. The highest BCUT2D eigenvalue weighted by Crippen LogP contribution is 2.41. The van der Waals surface area contributed by atoms with Crippen LogP contribution in [-0.4, -0.2) is 19.8 Å². The molecule has 0 unspecified atom stereocenters. The number of fused-ring (bicyclic) bond motifs is 2. The van der Waals surface area contributed by atoms with Gasteiger partial charge in [-0.1, -0.05) is 22.7 Å². The summed E-state index contributed by atoms with van der Waals surface area (Å²) in [5, 5.41) is 24.1. The summed E-state index contributed by atoms with van der Waals surface area (Å²) < 4.78 is 0.731. The van der Waals surface area contributed by atoms with E-state index >= 15 is 0 Å². The van der Waals surface area contributed by atoms with Crippen LogP contribution in [0.15, 0.2) is 12.1 Å². The van der Waals surface area contributed by atoms with Gasteiger partial charge in [0.25, 0.3) is 11.4 Å². The summed E-state index contributed by atoms with van der Waals surface area (Å²) >= 11 is 2.06. The Balaban J connectivity index is 1.99. The van der Waals surface area contributed by atoms with E-state index in [0.29, 0.717) is 31.6 Å². The third-order valence-corrected chi connectivity index (χ3v) is 6.38. The zero-order chi connectivity index (χ0) is 21.0. The molecule has 0 fully saturated rings. The van der Waals surface area contributed by atoms with Crippen LogP contribution >= 0.6 is 22.7 Å². The number of nitro benzene ring substituents is 2. The van der Waals surface area contributed by atoms with Crippen molar-refractivity contribution in [3.8, 4) is 0 Å². The first-order chi connectivity index (χ1) is 13.7. The molecule has 0 amide bonds. The van der Waals surface area contributed by atoms with E-state index in [1.807, 2.05) is 0 Å². The number of hydrogen-bond donors (Lipinski definition) is 2. The fourth-order valence-electron chi connectivity index (χ4n) is 3.49. The summed E-state index contributed by atoms with van der Waals surface area (Å²) in [6.45, 7) is 3.56. The van der Waals surface area contributed by atoms with E-state index in [-0.39, 0.29) is 28.1 Å². The van der Waals surface area contributed by atoms with Gasteiger partial charge in [0.1, 0.15) is 9.40 Å². The van der Waals surface area contributed by atoms with Gasteiger partial charge in [-0.05, 0) is 37.1 Å². The Labute approximate surface area is 171 Å². The van der Waals surface area contributed by atoms with Gasteiger partial charge in [0.15, 0.2) is 10.3 Å². The lowest BCUT2D eigenvalue weighted by Crippen LogP contribution is -2.02. The third-order valence-electron chi connectivity index (χ3n) is 4.60. The molecule has 2 aromatic carbocycles. The Morgan fingerprint density at radius 1 is 0.862 bits per heavy atom. The minimum atomic E-state index is -0.489. The SMILES string of the molecule is Cc1cc(Cc2cc(C)c3nc(N)sc3c2[N+](=O)[O-])c([N+](=O)[O-])c2sc(N)nc12. The average Bonchev–Trinajstić information content (AvgIpc) is 3.17. The summed E-state index contributed by atoms with van der Waals surface area (Å²) in [7, 11) is 0. The van der Waals surface area contributed by atoms with Gasteiger partial charge in [-0.3, -0.25) is 20.2 Å². The van der Waals surface area contributed by atoms with Crippen molar-refractivity contribution < 1.29 is 9.85 Å². The number of rotatable bonds is 4. The van der Waals surface area contributed by atoms with Gasteiger partial charge < -0.3 is 11.5 Å². The molecular weight excluding hydrogens is 416 g/mol. The van der Waals surface area contributed by atoms with E-state index in [1.165, 1.54) is 0 Å². The zero-order valence-electron chi connectivity index (χ0n) is 15.3. The fourth-order valence-corrected chi connectivity index (χ4v) is 5.40. The molecule has 4 N–H and O–H groups in total. The number of nitrogens with zero attached hydrogens (tertiary/aromatic N) is 4. The maximum atomic E-state index is 11.8. The van der Waals surface area contributed by atoms with Gasteiger partial charge in [0.2, 0.25) is 0 Å². The summed E-state index contributed by atoms with van der Waals surface area (Å²) in [6.07, 6.45) is 0.00972. The third kappa shape index (κ3) is 3.02. The van der Waals surface area contributed by atoms with Crippen molar-refractivity contribution in [3.63, 3.8) is 0 Å². The first-order valence-corrected chi connectivity index (χ1v) is 9.96. The van der Waals surface area contributed by atoms with E-state index < -0.39 is 9.85 Å². The molecule has 0 aliphatic rings. The van der Waals surface area contributed by atoms with Crippen LogP contribution in [-0.2, 0) is 6.42 Å². The van der Waals surface area contributed by atoms with Crippen LogP contribution in [0.1, 0.15) is 22.3 Å². The summed E-state index contributed by atoms with van der Waals surface area (Å²) in [5.41, 5.74) is 14.4. The van der Waals surface area contributed by atoms with Crippen LogP contribution < -0.4 is 11.5 Å². The fraction of sp³-hybridized carbons (Fsp3) is 0.176. The molecule has 12 heteroatoms. The van der Waals surface area contributed by atoms with Crippen molar-refractivity contribution in [3.05, 3.63) is 54.6 Å². The molecular formula is C17H14N6O4S2. The number of hydrogen-bond acceptors (Lipinski definition) is 10. The Hall–Kier alpha value is -3.38. The number of aromatic nitrogens is 2. The quantitative estimate of drug-likeness (QED) is 0.361. The van der Waals surface area contributed by atoms with Gasteiger partial charge in [-0.25, -0.2) is 9.97 Å². The van der Waals surface area contributed by atoms with E-state index in [2.05, 4.69) is 9.97 Å². The highest BCUT2D eigenvalue weighted by molar-refractivity contribution is 7.23. The predicted octanol–water partition coefficient (Wildman–Crippen LogP) is 4.09. The molecule has 0 bridgehead atoms. The van der Waals surface area contributed by atoms with Crippen LogP contribution in [0, 0.1) is 34.1 Å². The van der Waals surface area contributed by atoms with E-state index in [0.717, 1.165) is 33.8 Å². The molecule has 4 rings (SSSR count). The molecule has 0 radical (unpaired) electrons. The van der Waals surface area contributed by atoms with Crippen LogP contribution in [0.3, 0.4) is 0 Å². The Morgan fingerprint density at radius 3 is 1.59 bits per heavy atom. The van der Waals surface area contributed by atoms with Gasteiger partial charge in [-0.2, -0.15) is 0 Å². The van der Waals surface area contributed by atoms with Gasteiger partial charge >= 0.3 is 0 Å². The molecule has 2 aromatic heterocycles. The second kappa shape index (κ2) is 6.60. The van der Waals surface area contributed by atoms with Crippen LogP contribution in [0.4, 0.5) is 21.6 Å². The molecule has 0 spiro atoms.